The van der Waals surface area contributed by atoms with Crippen molar-refractivity contribution in [2.45, 2.75) is 51.0 Å². The van der Waals surface area contributed by atoms with Crippen LogP contribution in [0.4, 0.5) is 5.69 Å². The molecule has 0 radical (unpaired) electrons. The van der Waals surface area contributed by atoms with Gasteiger partial charge in [-0.3, -0.25) is 4.79 Å². The first-order valence-corrected chi connectivity index (χ1v) is 13.9. The fourth-order valence-corrected chi connectivity index (χ4v) is 5.69. The molecule has 200 valence electrons. The van der Waals surface area contributed by atoms with Crippen molar-refractivity contribution in [1.82, 2.24) is 5.01 Å². The molecule has 1 aliphatic heterocycles. The van der Waals surface area contributed by atoms with Crippen molar-refractivity contribution in [2.75, 3.05) is 32.7 Å². The quantitative estimate of drug-likeness (QED) is 0.406. The molecule has 3 aliphatic rings. The number of hydrazone groups is 1. The predicted octanol–water partition coefficient (Wildman–Crippen LogP) is 6.01. The molecule has 38 heavy (non-hydrogen) atoms. The lowest BCUT2D eigenvalue weighted by Crippen LogP contribution is -2.48. The zero-order valence-corrected chi connectivity index (χ0v) is 22.8. The highest BCUT2D eigenvalue weighted by atomic mass is 16.5. The monoisotopic (exact) mass is 513 g/mol. The predicted molar refractivity (Wildman–Crippen MR) is 153 cm³/mol. The van der Waals surface area contributed by atoms with E-state index in [0.29, 0.717) is 18.1 Å². The third-order valence-corrected chi connectivity index (χ3v) is 7.91. The first kappa shape index (κ1) is 26.1. The number of carbonyl (C=O) groups excluding carboxylic acids is 1. The summed E-state index contributed by atoms with van der Waals surface area (Å²) in [7, 11) is 5.75. The molecule has 2 aromatic rings. The number of carbonyl (C=O) groups is 1. The van der Waals surface area contributed by atoms with Crippen molar-refractivity contribution >= 4 is 17.3 Å². The zero-order valence-electron chi connectivity index (χ0n) is 22.8. The Hall–Kier alpha value is -3.54. The van der Waals surface area contributed by atoms with Crippen LogP contribution in [-0.4, -0.2) is 50.5 Å². The van der Waals surface area contributed by atoms with Gasteiger partial charge >= 0.3 is 0 Å². The van der Waals surface area contributed by atoms with Gasteiger partial charge in [0.05, 0.1) is 31.4 Å². The van der Waals surface area contributed by atoms with Crippen LogP contribution in [-0.2, 0) is 11.2 Å². The lowest BCUT2D eigenvalue weighted by Gasteiger charge is -2.38. The summed E-state index contributed by atoms with van der Waals surface area (Å²) in [5.41, 5.74) is 4.30. The second kappa shape index (κ2) is 11.9. The van der Waals surface area contributed by atoms with Crippen LogP contribution in [0.2, 0.25) is 0 Å². The van der Waals surface area contributed by atoms with E-state index < -0.39 is 0 Å². The van der Waals surface area contributed by atoms with E-state index >= 15 is 0 Å². The van der Waals surface area contributed by atoms with Crippen LogP contribution < -0.4 is 14.4 Å². The van der Waals surface area contributed by atoms with E-state index in [1.54, 1.807) is 7.11 Å². The standard InChI is InChI=1S/C32H39N3O3/c1-34(2)25-17-14-23(15-18-25)20-21-38-30-22-24(16-19-29(30)37-3)31-27-12-8-9-13-28(27)32(36)35(33-31)26-10-6-4-5-7-11-26/h8-9,12-19,22,26-28H,4-7,10-11,20-21H2,1-3H3/t27-,28+/m0/s1. The van der Waals surface area contributed by atoms with E-state index in [9.17, 15) is 4.79 Å². The fourth-order valence-electron chi connectivity index (χ4n) is 5.69. The third-order valence-electron chi connectivity index (χ3n) is 7.91. The van der Waals surface area contributed by atoms with E-state index in [0.717, 1.165) is 43.4 Å². The minimum Gasteiger partial charge on any atom is -0.493 e. The van der Waals surface area contributed by atoms with Crippen LogP contribution in [0.15, 0.2) is 71.9 Å². The van der Waals surface area contributed by atoms with E-state index in [1.807, 2.05) is 55.5 Å². The molecular formula is C32H39N3O3. The molecule has 0 aromatic heterocycles. The van der Waals surface area contributed by atoms with E-state index in [1.165, 1.54) is 24.1 Å². The Bertz CT molecular complexity index is 1210. The van der Waals surface area contributed by atoms with Crippen LogP contribution in [0.3, 0.4) is 0 Å². The summed E-state index contributed by atoms with van der Waals surface area (Å²) in [6, 6.07) is 14.7. The third kappa shape index (κ3) is 5.64. The van der Waals surface area contributed by atoms with Gasteiger partial charge in [-0.25, -0.2) is 5.01 Å². The van der Waals surface area contributed by atoms with E-state index in [2.05, 4.69) is 35.2 Å². The van der Waals surface area contributed by atoms with Crippen molar-refractivity contribution in [3.05, 3.63) is 77.9 Å². The number of fused-ring (bicyclic) bond motifs is 1. The Kier molecular flexibility index (Phi) is 8.16. The van der Waals surface area contributed by atoms with Crippen LogP contribution in [0.5, 0.6) is 11.5 Å². The molecule has 1 heterocycles. The van der Waals surface area contributed by atoms with Crippen molar-refractivity contribution < 1.29 is 14.3 Å². The van der Waals surface area contributed by atoms with Gasteiger partial charge in [-0.05, 0) is 48.7 Å². The van der Waals surface area contributed by atoms with Gasteiger partial charge in [-0.2, -0.15) is 5.10 Å². The number of methoxy groups -OCH3 is 1. The number of anilines is 1. The van der Waals surface area contributed by atoms with E-state index in [-0.39, 0.29) is 23.8 Å². The number of benzene rings is 2. The van der Waals surface area contributed by atoms with Crippen molar-refractivity contribution in [3.63, 3.8) is 0 Å². The van der Waals surface area contributed by atoms with Gasteiger partial charge in [0.2, 0.25) is 0 Å². The highest BCUT2D eigenvalue weighted by molar-refractivity contribution is 6.08. The van der Waals surface area contributed by atoms with Crippen LogP contribution >= 0.6 is 0 Å². The summed E-state index contributed by atoms with van der Waals surface area (Å²) in [6.07, 6.45) is 15.8. The molecule has 0 spiro atoms. The normalized spacial score (nSPS) is 21.5. The smallest absolute Gasteiger partial charge is 0.250 e. The Morgan fingerprint density at radius 3 is 2.32 bits per heavy atom. The number of rotatable bonds is 8. The summed E-state index contributed by atoms with van der Waals surface area (Å²) in [6.45, 7) is 0.537. The van der Waals surface area contributed by atoms with Crippen molar-refractivity contribution in [2.24, 2.45) is 16.9 Å². The van der Waals surface area contributed by atoms with E-state index in [4.69, 9.17) is 14.6 Å². The minimum atomic E-state index is -0.215. The van der Waals surface area contributed by atoms with Gasteiger partial charge in [0.1, 0.15) is 0 Å². The van der Waals surface area contributed by atoms with Gasteiger partial charge < -0.3 is 14.4 Å². The van der Waals surface area contributed by atoms with Crippen molar-refractivity contribution in [1.29, 1.82) is 0 Å². The summed E-state index contributed by atoms with van der Waals surface area (Å²) in [5.74, 6) is 1.22. The second-order valence-electron chi connectivity index (χ2n) is 10.7. The van der Waals surface area contributed by atoms with Gasteiger partial charge in [-0.15, -0.1) is 0 Å². The minimum absolute atomic E-state index is 0.0778. The summed E-state index contributed by atoms with van der Waals surface area (Å²) in [5, 5.41) is 6.86. The lowest BCUT2D eigenvalue weighted by atomic mass is 9.80. The molecule has 2 atom stereocenters. The molecule has 5 rings (SSSR count). The number of ether oxygens (including phenoxy) is 2. The molecule has 6 nitrogen and oxygen atoms in total. The highest BCUT2D eigenvalue weighted by Gasteiger charge is 2.40. The maximum absolute atomic E-state index is 13.5. The number of allylic oxidation sites excluding steroid dienone is 3. The van der Waals surface area contributed by atoms with Gasteiger partial charge in [0.25, 0.3) is 5.91 Å². The first-order chi connectivity index (χ1) is 18.5. The molecule has 1 amide bonds. The molecule has 6 heteroatoms. The molecule has 0 N–H and O–H groups in total. The molecule has 0 saturated heterocycles. The average Bonchev–Trinajstić information content (AvgIpc) is 3.23. The second-order valence-corrected chi connectivity index (χ2v) is 10.7. The average molecular weight is 514 g/mol. The van der Waals surface area contributed by atoms with Gasteiger partial charge in [0.15, 0.2) is 11.5 Å². The Labute approximate surface area is 226 Å². The topological polar surface area (TPSA) is 54.4 Å². The fraction of sp³-hybridized carbons (Fsp3) is 0.438. The van der Waals surface area contributed by atoms with Gasteiger partial charge in [0, 0.05) is 37.7 Å². The summed E-state index contributed by atoms with van der Waals surface area (Å²) < 4.78 is 11.9. The van der Waals surface area contributed by atoms with Crippen molar-refractivity contribution in [3.8, 4) is 11.5 Å². The molecule has 2 aliphatic carbocycles. The summed E-state index contributed by atoms with van der Waals surface area (Å²) in [4.78, 5) is 15.6. The number of amides is 1. The molecule has 1 saturated carbocycles. The van der Waals surface area contributed by atoms with Crippen LogP contribution in [0.25, 0.3) is 0 Å². The first-order valence-electron chi connectivity index (χ1n) is 13.9. The highest BCUT2D eigenvalue weighted by Crippen LogP contribution is 2.36. The molecule has 1 fully saturated rings. The largest absolute Gasteiger partial charge is 0.493 e. The Morgan fingerprint density at radius 2 is 1.63 bits per heavy atom. The molecule has 2 aromatic carbocycles. The Balaban J connectivity index is 1.39. The SMILES string of the molecule is COc1ccc(C2=NN(C3CCCCCC3)C(=O)[C@@H]3C=CC=C[C@H]23)cc1OCCc1ccc(N(C)C)cc1. The number of hydrogen-bond acceptors (Lipinski definition) is 5. The molecule has 0 unspecified atom stereocenters. The maximum Gasteiger partial charge on any atom is 0.250 e. The van der Waals surface area contributed by atoms with Crippen LogP contribution in [0.1, 0.15) is 49.7 Å². The molecular weight excluding hydrogens is 474 g/mol. The zero-order chi connectivity index (χ0) is 26.5. The Morgan fingerprint density at radius 1 is 0.921 bits per heavy atom. The summed E-state index contributed by atoms with van der Waals surface area (Å²) >= 11 is 0. The number of hydrogen-bond donors (Lipinski definition) is 0. The van der Waals surface area contributed by atoms with Gasteiger partial charge in [-0.1, -0.05) is 62.1 Å². The van der Waals surface area contributed by atoms with Crippen LogP contribution in [0, 0.1) is 11.8 Å². The number of nitrogens with zero attached hydrogens (tertiary/aromatic N) is 3. The maximum atomic E-state index is 13.5. The lowest BCUT2D eigenvalue weighted by molar-refractivity contribution is -0.138. The molecule has 0 bridgehead atoms.